The molecule has 0 atom stereocenters. The summed E-state index contributed by atoms with van der Waals surface area (Å²) < 4.78 is 0. The molecule has 2 aromatic rings. The van der Waals surface area contributed by atoms with E-state index in [1.165, 1.54) is 11.8 Å². The summed E-state index contributed by atoms with van der Waals surface area (Å²) in [6.45, 7) is 0. The molecule has 1 aliphatic rings. The van der Waals surface area contributed by atoms with E-state index in [9.17, 15) is 9.90 Å². The molecular weight excluding hydrogens is 284 g/mol. The van der Waals surface area contributed by atoms with E-state index in [-0.39, 0.29) is 11.7 Å². The van der Waals surface area contributed by atoms with Crippen LogP contribution in [0.15, 0.2) is 64.5 Å². The van der Waals surface area contributed by atoms with Gasteiger partial charge in [-0.25, -0.2) is 4.99 Å². The Balaban J connectivity index is 1.81. The summed E-state index contributed by atoms with van der Waals surface area (Å²) in [6.07, 6.45) is 1.83. The van der Waals surface area contributed by atoms with Crippen LogP contribution in [-0.2, 0) is 4.79 Å². The Morgan fingerprint density at radius 1 is 1.05 bits per heavy atom. The number of hydrogen-bond donors (Lipinski definition) is 2. The van der Waals surface area contributed by atoms with Gasteiger partial charge in [0.15, 0.2) is 5.17 Å². The molecule has 1 amide bonds. The highest BCUT2D eigenvalue weighted by atomic mass is 32.2. The number of thioether (sulfide) groups is 1. The van der Waals surface area contributed by atoms with Crippen molar-refractivity contribution in [1.29, 1.82) is 0 Å². The fourth-order valence-electron chi connectivity index (χ4n) is 1.83. The molecule has 1 heterocycles. The van der Waals surface area contributed by atoms with Gasteiger partial charge in [-0.1, -0.05) is 30.3 Å². The third-order valence-corrected chi connectivity index (χ3v) is 3.74. The number of phenols is 1. The number of hydrogen-bond acceptors (Lipinski definition) is 4. The fraction of sp³-hybridized carbons (Fsp3) is 0. The summed E-state index contributed by atoms with van der Waals surface area (Å²) in [4.78, 5) is 16.9. The summed E-state index contributed by atoms with van der Waals surface area (Å²) in [5.74, 6) is 0.0353. The molecule has 0 radical (unpaired) electrons. The van der Waals surface area contributed by atoms with Crippen molar-refractivity contribution < 1.29 is 9.90 Å². The van der Waals surface area contributed by atoms with Crippen LogP contribution in [0.25, 0.3) is 6.08 Å². The van der Waals surface area contributed by atoms with E-state index in [4.69, 9.17) is 0 Å². The molecule has 2 aromatic carbocycles. The molecule has 1 saturated heterocycles. The molecule has 0 spiro atoms. The number of carbonyl (C=O) groups excluding carboxylic acids is 1. The highest BCUT2D eigenvalue weighted by Gasteiger charge is 2.23. The van der Waals surface area contributed by atoms with Crippen LogP contribution < -0.4 is 5.32 Å². The topological polar surface area (TPSA) is 61.7 Å². The van der Waals surface area contributed by atoms with Gasteiger partial charge in [0.1, 0.15) is 5.75 Å². The van der Waals surface area contributed by atoms with Crippen LogP contribution in [0.3, 0.4) is 0 Å². The SMILES string of the molecule is O=C1NC(=Nc2ccc(O)cc2)S/C1=C\c1ccccc1. The lowest BCUT2D eigenvalue weighted by atomic mass is 10.2. The second kappa shape index (κ2) is 5.85. The molecule has 1 aliphatic heterocycles. The molecule has 0 bridgehead atoms. The molecule has 21 heavy (non-hydrogen) atoms. The maximum atomic E-state index is 11.9. The molecule has 5 heteroatoms. The Bertz CT molecular complexity index is 722. The van der Waals surface area contributed by atoms with Gasteiger partial charge in [0.25, 0.3) is 5.91 Å². The Kier molecular flexibility index (Phi) is 3.75. The quantitative estimate of drug-likeness (QED) is 0.836. The van der Waals surface area contributed by atoms with Crippen molar-refractivity contribution in [2.75, 3.05) is 0 Å². The number of aliphatic imine (C=N–C) groups is 1. The van der Waals surface area contributed by atoms with Gasteiger partial charge < -0.3 is 10.4 Å². The summed E-state index contributed by atoms with van der Waals surface area (Å²) in [5.41, 5.74) is 1.65. The largest absolute Gasteiger partial charge is 0.508 e. The molecule has 4 nitrogen and oxygen atoms in total. The van der Waals surface area contributed by atoms with Gasteiger partial charge >= 0.3 is 0 Å². The summed E-state index contributed by atoms with van der Waals surface area (Å²) in [6, 6.07) is 16.2. The normalized spacial score (nSPS) is 18.2. The number of nitrogens with one attached hydrogen (secondary N) is 1. The highest BCUT2D eigenvalue weighted by Crippen LogP contribution is 2.28. The van der Waals surface area contributed by atoms with E-state index in [1.807, 2.05) is 36.4 Å². The maximum Gasteiger partial charge on any atom is 0.264 e. The predicted molar refractivity (Wildman–Crippen MR) is 85.4 cm³/mol. The van der Waals surface area contributed by atoms with Crippen LogP contribution in [0.5, 0.6) is 5.75 Å². The number of amidine groups is 1. The van der Waals surface area contributed by atoms with E-state index in [1.54, 1.807) is 24.3 Å². The smallest absolute Gasteiger partial charge is 0.264 e. The molecule has 1 fully saturated rings. The molecular formula is C16H12N2O2S. The molecule has 3 rings (SSSR count). The zero-order valence-electron chi connectivity index (χ0n) is 11.0. The lowest BCUT2D eigenvalue weighted by Gasteiger charge is -1.96. The van der Waals surface area contributed by atoms with Crippen LogP contribution in [0.4, 0.5) is 5.69 Å². The van der Waals surface area contributed by atoms with E-state index >= 15 is 0 Å². The summed E-state index contributed by atoms with van der Waals surface area (Å²) in [5, 5.41) is 12.5. The molecule has 2 N–H and O–H groups in total. The number of aromatic hydroxyl groups is 1. The lowest BCUT2D eigenvalue weighted by molar-refractivity contribution is -0.115. The van der Waals surface area contributed by atoms with Crippen LogP contribution in [-0.4, -0.2) is 16.2 Å². The van der Waals surface area contributed by atoms with Crippen LogP contribution >= 0.6 is 11.8 Å². The Morgan fingerprint density at radius 3 is 2.48 bits per heavy atom. The minimum Gasteiger partial charge on any atom is -0.508 e. The minimum atomic E-state index is -0.151. The molecule has 0 aliphatic carbocycles. The van der Waals surface area contributed by atoms with Gasteiger partial charge in [-0.15, -0.1) is 0 Å². The monoisotopic (exact) mass is 296 g/mol. The van der Waals surface area contributed by atoms with E-state index < -0.39 is 0 Å². The Labute approximate surface area is 126 Å². The van der Waals surface area contributed by atoms with Gasteiger partial charge in [0.05, 0.1) is 10.6 Å². The third-order valence-electron chi connectivity index (χ3n) is 2.83. The first-order chi connectivity index (χ1) is 10.2. The number of rotatable bonds is 2. The number of benzene rings is 2. The van der Waals surface area contributed by atoms with Gasteiger partial charge in [-0.3, -0.25) is 4.79 Å². The Morgan fingerprint density at radius 2 is 1.76 bits per heavy atom. The first-order valence-corrected chi connectivity index (χ1v) is 7.16. The van der Waals surface area contributed by atoms with E-state index in [2.05, 4.69) is 10.3 Å². The molecule has 0 aromatic heterocycles. The first kappa shape index (κ1) is 13.5. The standard InChI is InChI=1S/C16H12N2O2S/c19-13-8-6-12(7-9-13)17-16-18-15(20)14(21-16)10-11-4-2-1-3-5-11/h1-10,19H,(H,17,18,20)/b14-10-. The van der Waals surface area contributed by atoms with E-state index in [0.717, 1.165) is 5.56 Å². The number of nitrogens with zero attached hydrogens (tertiary/aromatic N) is 1. The average Bonchev–Trinajstić information content (AvgIpc) is 2.82. The van der Waals surface area contributed by atoms with Crippen LogP contribution in [0.1, 0.15) is 5.56 Å². The average molecular weight is 296 g/mol. The number of amides is 1. The highest BCUT2D eigenvalue weighted by molar-refractivity contribution is 8.18. The predicted octanol–water partition coefficient (Wildman–Crippen LogP) is 3.28. The third kappa shape index (κ3) is 3.32. The lowest BCUT2D eigenvalue weighted by Crippen LogP contribution is -2.19. The molecule has 0 saturated carbocycles. The molecule has 104 valence electrons. The van der Waals surface area contributed by atoms with Crippen molar-refractivity contribution in [1.82, 2.24) is 5.32 Å². The van der Waals surface area contributed by atoms with Crippen molar-refractivity contribution in [2.24, 2.45) is 4.99 Å². The van der Waals surface area contributed by atoms with Crippen molar-refractivity contribution in [2.45, 2.75) is 0 Å². The van der Waals surface area contributed by atoms with Gasteiger partial charge in [0, 0.05) is 0 Å². The second-order valence-corrected chi connectivity index (χ2v) is 5.44. The zero-order valence-corrected chi connectivity index (χ0v) is 11.8. The van der Waals surface area contributed by atoms with Crippen molar-refractivity contribution in [3.05, 3.63) is 65.1 Å². The second-order valence-electron chi connectivity index (χ2n) is 4.41. The number of phenolic OH excluding ortho intramolecular Hbond substituents is 1. The minimum absolute atomic E-state index is 0.151. The maximum absolute atomic E-state index is 11.9. The zero-order chi connectivity index (χ0) is 14.7. The summed E-state index contributed by atoms with van der Waals surface area (Å²) in [7, 11) is 0. The summed E-state index contributed by atoms with van der Waals surface area (Å²) >= 11 is 1.30. The number of carbonyl (C=O) groups is 1. The Hall–Kier alpha value is -2.53. The van der Waals surface area contributed by atoms with Crippen molar-refractivity contribution in [3.8, 4) is 5.75 Å². The van der Waals surface area contributed by atoms with Crippen molar-refractivity contribution in [3.63, 3.8) is 0 Å². The van der Waals surface area contributed by atoms with Gasteiger partial charge in [0.2, 0.25) is 0 Å². The van der Waals surface area contributed by atoms with Crippen LogP contribution in [0, 0.1) is 0 Å². The molecule has 0 unspecified atom stereocenters. The van der Waals surface area contributed by atoms with Gasteiger partial charge in [-0.2, -0.15) is 0 Å². The van der Waals surface area contributed by atoms with E-state index in [0.29, 0.717) is 15.8 Å². The van der Waals surface area contributed by atoms with Crippen molar-refractivity contribution >= 4 is 34.6 Å². The fourth-order valence-corrected chi connectivity index (χ4v) is 2.67. The van der Waals surface area contributed by atoms with Gasteiger partial charge in [-0.05, 0) is 47.7 Å². The van der Waals surface area contributed by atoms with Crippen LogP contribution in [0.2, 0.25) is 0 Å². The first-order valence-electron chi connectivity index (χ1n) is 6.34.